The molecule has 0 aliphatic carbocycles. The van der Waals surface area contributed by atoms with E-state index in [9.17, 15) is 14.4 Å². The van der Waals surface area contributed by atoms with Gasteiger partial charge in [0.2, 0.25) is 0 Å². The predicted octanol–water partition coefficient (Wildman–Crippen LogP) is 3.24. The van der Waals surface area contributed by atoms with Gasteiger partial charge in [0.15, 0.2) is 23.4 Å². The molecular formula is C22H21NO6. The van der Waals surface area contributed by atoms with Crippen molar-refractivity contribution in [3.63, 3.8) is 0 Å². The number of ether oxygens (including phenoxy) is 3. The van der Waals surface area contributed by atoms with E-state index < -0.39 is 18.0 Å². The first-order chi connectivity index (χ1) is 13.9. The lowest BCUT2D eigenvalue weighted by atomic mass is 10.1. The SMILES string of the molecule is CC(=O)c1cccc(NC(=O)[C@H](C)OC(=O)/C=C/c2ccc3c(c2)OCCO3)c1. The molecule has 1 aliphatic rings. The third kappa shape index (κ3) is 5.44. The van der Waals surface area contributed by atoms with Gasteiger partial charge in [-0.25, -0.2) is 4.79 Å². The zero-order valence-electron chi connectivity index (χ0n) is 16.1. The lowest BCUT2D eigenvalue weighted by Crippen LogP contribution is -2.29. The molecule has 0 bridgehead atoms. The Morgan fingerprint density at radius 3 is 2.59 bits per heavy atom. The highest BCUT2D eigenvalue weighted by Crippen LogP contribution is 2.31. The van der Waals surface area contributed by atoms with Crippen LogP contribution in [0.4, 0.5) is 5.69 Å². The highest BCUT2D eigenvalue weighted by molar-refractivity contribution is 5.99. The lowest BCUT2D eigenvalue weighted by Gasteiger charge is -2.18. The molecule has 1 atom stereocenters. The normalized spacial score (nSPS) is 13.6. The van der Waals surface area contributed by atoms with Crippen molar-refractivity contribution in [2.75, 3.05) is 18.5 Å². The van der Waals surface area contributed by atoms with Crippen molar-refractivity contribution in [3.8, 4) is 11.5 Å². The van der Waals surface area contributed by atoms with E-state index in [4.69, 9.17) is 14.2 Å². The van der Waals surface area contributed by atoms with Crippen LogP contribution >= 0.6 is 0 Å². The third-order valence-corrected chi connectivity index (χ3v) is 4.18. The van der Waals surface area contributed by atoms with E-state index in [1.54, 1.807) is 48.5 Å². The predicted molar refractivity (Wildman–Crippen MR) is 107 cm³/mol. The summed E-state index contributed by atoms with van der Waals surface area (Å²) in [6.45, 7) is 3.90. The van der Waals surface area contributed by atoms with E-state index in [-0.39, 0.29) is 5.78 Å². The molecule has 0 saturated carbocycles. The number of benzene rings is 2. The molecule has 1 amide bonds. The Balaban J connectivity index is 1.55. The van der Waals surface area contributed by atoms with Crippen LogP contribution < -0.4 is 14.8 Å². The van der Waals surface area contributed by atoms with Gasteiger partial charge >= 0.3 is 5.97 Å². The Morgan fingerprint density at radius 1 is 1.07 bits per heavy atom. The summed E-state index contributed by atoms with van der Waals surface area (Å²) < 4.78 is 16.1. The van der Waals surface area contributed by atoms with E-state index in [1.165, 1.54) is 19.9 Å². The molecule has 0 aromatic heterocycles. The molecule has 1 heterocycles. The van der Waals surface area contributed by atoms with Crippen LogP contribution in [0.1, 0.15) is 29.8 Å². The monoisotopic (exact) mass is 395 g/mol. The van der Waals surface area contributed by atoms with E-state index >= 15 is 0 Å². The molecule has 7 nitrogen and oxygen atoms in total. The first-order valence-electron chi connectivity index (χ1n) is 9.12. The molecule has 29 heavy (non-hydrogen) atoms. The van der Waals surface area contributed by atoms with Gasteiger partial charge in [-0.3, -0.25) is 9.59 Å². The Bertz CT molecular complexity index is 966. The maximum Gasteiger partial charge on any atom is 0.331 e. The van der Waals surface area contributed by atoms with Crippen LogP contribution in [0.15, 0.2) is 48.5 Å². The Morgan fingerprint density at radius 2 is 1.83 bits per heavy atom. The van der Waals surface area contributed by atoms with Gasteiger partial charge in [0.05, 0.1) is 0 Å². The van der Waals surface area contributed by atoms with Gasteiger partial charge < -0.3 is 19.5 Å². The minimum absolute atomic E-state index is 0.107. The summed E-state index contributed by atoms with van der Waals surface area (Å²) >= 11 is 0. The number of carbonyl (C=O) groups is 3. The summed E-state index contributed by atoms with van der Waals surface area (Å²) in [4.78, 5) is 35.7. The quantitative estimate of drug-likeness (QED) is 0.459. The molecular weight excluding hydrogens is 374 g/mol. The smallest absolute Gasteiger partial charge is 0.331 e. The molecule has 2 aromatic rings. The number of Topliss-reactive ketones (excluding diaryl/α,β-unsaturated/α-hetero) is 1. The third-order valence-electron chi connectivity index (χ3n) is 4.18. The van der Waals surface area contributed by atoms with Gasteiger partial charge in [-0.05, 0) is 49.8 Å². The lowest BCUT2D eigenvalue weighted by molar-refractivity contribution is -0.148. The number of nitrogens with one attached hydrogen (secondary N) is 1. The fourth-order valence-electron chi connectivity index (χ4n) is 2.65. The number of hydrogen-bond acceptors (Lipinski definition) is 6. The van der Waals surface area contributed by atoms with Crippen molar-refractivity contribution >= 4 is 29.4 Å². The standard InChI is InChI=1S/C22H21NO6/c1-14(24)17-4-3-5-18(13-17)23-22(26)15(2)29-21(25)9-7-16-6-8-19-20(12-16)28-11-10-27-19/h3-9,12-13,15H,10-11H2,1-2H3,(H,23,26)/b9-7+/t15-/m0/s1. The van der Waals surface area contributed by atoms with Crippen molar-refractivity contribution in [2.24, 2.45) is 0 Å². The van der Waals surface area contributed by atoms with E-state index in [2.05, 4.69) is 5.32 Å². The average molecular weight is 395 g/mol. The second-order valence-corrected chi connectivity index (χ2v) is 6.44. The molecule has 2 aromatic carbocycles. The highest BCUT2D eigenvalue weighted by atomic mass is 16.6. The van der Waals surface area contributed by atoms with Gasteiger partial charge in [0.25, 0.3) is 5.91 Å². The van der Waals surface area contributed by atoms with E-state index in [0.29, 0.717) is 36.0 Å². The Labute approximate surface area is 168 Å². The van der Waals surface area contributed by atoms with E-state index in [1.807, 2.05) is 0 Å². The molecule has 0 radical (unpaired) electrons. The fourth-order valence-corrected chi connectivity index (χ4v) is 2.65. The Hall–Kier alpha value is -3.61. The van der Waals surface area contributed by atoms with E-state index in [0.717, 1.165) is 5.56 Å². The molecule has 150 valence electrons. The number of carbonyl (C=O) groups excluding carboxylic acids is 3. The maximum atomic E-state index is 12.2. The summed E-state index contributed by atoms with van der Waals surface area (Å²) in [7, 11) is 0. The van der Waals surface area contributed by atoms with Crippen molar-refractivity contribution in [1.82, 2.24) is 0 Å². The zero-order valence-corrected chi connectivity index (χ0v) is 16.1. The molecule has 0 spiro atoms. The van der Waals surface area contributed by atoms with Gasteiger partial charge in [0, 0.05) is 17.3 Å². The summed E-state index contributed by atoms with van der Waals surface area (Å²) in [5, 5.41) is 2.63. The molecule has 0 saturated heterocycles. The molecule has 0 unspecified atom stereocenters. The molecule has 7 heteroatoms. The summed E-state index contributed by atoms with van der Waals surface area (Å²) in [5.41, 5.74) is 1.68. The average Bonchev–Trinajstić information content (AvgIpc) is 2.72. The molecule has 3 rings (SSSR count). The first-order valence-corrected chi connectivity index (χ1v) is 9.12. The second-order valence-electron chi connectivity index (χ2n) is 6.44. The molecule has 0 fully saturated rings. The minimum Gasteiger partial charge on any atom is -0.486 e. The summed E-state index contributed by atoms with van der Waals surface area (Å²) in [5.74, 6) is 0.0269. The number of rotatable bonds is 6. The number of anilines is 1. The fraction of sp³-hybridized carbons (Fsp3) is 0.227. The van der Waals surface area contributed by atoms with Gasteiger partial charge in [-0.15, -0.1) is 0 Å². The highest BCUT2D eigenvalue weighted by Gasteiger charge is 2.17. The number of ketones is 1. The van der Waals surface area contributed by atoms with Crippen LogP contribution in [0.2, 0.25) is 0 Å². The van der Waals surface area contributed by atoms with Crippen LogP contribution in [0.3, 0.4) is 0 Å². The first kappa shape index (κ1) is 20.1. The van der Waals surface area contributed by atoms with Crippen LogP contribution in [0.5, 0.6) is 11.5 Å². The van der Waals surface area contributed by atoms with Gasteiger partial charge in [-0.2, -0.15) is 0 Å². The van der Waals surface area contributed by atoms with Gasteiger partial charge in [-0.1, -0.05) is 18.2 Å². The zero-order chi connectivity index (χ0) is 20.8. The van der Waals surface area contributed by atoms with Crippen molar-refractivity contribution in [3.05, 3.63) is 59.7 Å². The minimum atomic E-state index is -1.01. The summed E-state index contributed by atoms with van der Waals surface area (Å²) in [6.07, 6.45) is 1.81. The Kier molecular flexibility index (Phi) is 6.29. The largest absolute Gasteiger partial charge is 0.486 e. The maximum absolute atomic E-state index is 12.2. The van der Waals surface area contributed by atoms with Crippen LogP contribution in [0, 0.1) is 0 Å². The van der Waals surface area contributed by atoms with Crippen molar-refractivity contribution in [1.29, 1.82) is 0 Å². The molecule has 1 N–H and O–H groups in total. The van der Waals surface area contributed by atoms with Crippen LogP contribution in [-0.4, -0.2) is 37.0 Å². The van der Waals surface area contributed by atoms with Crippen LogP contribution in [-0.2, 0) is 14.3 Å². The van der Waals surface area contributed by atoms with Crippen molar-refractivity contribution in [2.45, 2.75) is 20.0 Å². The van der Waals surface area contributed by atoms with Gasteiger partial charge in [0.1, 0.15) is 13.2 Å². The van der Waals surface area contributed by atoms with Crippen LogP contribution in [0.25, 0.3) is 6.08 Å². The topological polar surface area (TPSA) is 90.9 Å². The van der Waals surface area contributed by atoms with Crippen molar-refractivity contribution < 1.29 is 28.6 Å². The number of hydrogen-bond donors (Lipinski definition) is 1. The molecule has 1 aliphatic heterocycles. The second kappa shape index (κ2) is 9.05. The number of esters is 1. The number of fused-ring (bicyclic) bond motifs is 1. The summed E-state index contributed by atoms with van der Waals surface area (Å²) in [6, 6.07) is 11.9. The number of amides is 1.